The summed E-state index contributed by atoms with van der Waals surface area (Å²) in [5, 5.41) is 12.5. The van der Waals surface area contributed by atoms with Gasteiger partial charge in [-0.1, -0.05) is 0 Å². The van der Waals surface area contributed by atoms with E-state index in [1.54, 1.807) is 7.11 Å². The third kappa shape index (κ3) is 3.92. The zero-order chi connectivity index (χ0) is 10.4. The predicted octanol–water partition coefficient (Wildman–Crippen LogP) is 0.00830. The highest BCUT2D eigenvalue weighted by molar-refractivity contribution is 4.81. The maximum Gasteiger partial charge on any atom is 0.101 e. The van der Waals surface area contributed by atoms with Crippen molar-refractivity contribution in [1.82, 2.24) is 5.32 Å². The molecular weight excluding hydrogens is 182 g/mol. The molecule has 0 spiro atoms. The zero-order valence-electron chi connectivity index (χ0n) is 9.03. The third-order valence-corrected chi connectivity index (χ3v) is 2.57. The molecule has 0 radical (unpaired) electrons. The molecule has 0 aromatic heterocycles. The number of aliphatic hydroxyl groups excluding tert-OH is 1. The van der Waals surface area contributed by atoms with Gasteiger partial charge in [-0.2, -0.15) is 0 Å². The molecule has 0 aromatic rings. The Morgan fingerprint density at radius 3 is 2.71 bits per heavy atom. The van der Waals surface area contributed by atoms with Crippen LogP contribution in [0.5, 0.6) is 0 Å². The van der Waals surface area contributed by atoms with Gasteiger partial charge in [-0.05, 0) is 32.4 Å². The van der Waals surface area contributed by atoms with Crippen LogP contribution < -0.4 is 5.32 Å². The minimum Gasteiger partial charge on any atom is -0.388 e. The lowest BCUT2D eigenvalue weighted by atomic mass is 9.82. The van der Waals surface area contributed by atoms with Gasteiger partial charge in [0.05, 0.1) is 19.3 Å². The molecule has 1 unspecified atom stereocenters. The van der Waals surface area contributed by atoms with Gasteiger partial charge in [0, 0.05) is 7.11 Å². The number of ether oxygens (including phenoxy) is 2. The Labute approximate surface area is 85.6 Å². The van der Waals surface area contributed by atoms with Gasteiger partial charge in [-0.15, -0.1) is 0 Å². The second kappa shape index (κ2) is 6.35. The van der Waals surface area contributed by atoms with Crippen molar-refractivity contribution in [2.24, 2.45) is 5.92 Å². The summed E-state index contributed by atoms with van der Waals surface area (Å²) in [5.74, 6) is 0.754. The number of hydrogen-bond acceptors (Lipinski definition) is 4. The van der Waals surface area contributed by atoms with Crippen LogP contribution in [0.4, 0.5) is 0 Å². The molecule has 1 saturated carbocycles. The molecule has 0 bridgehead atoms. The summed E-state index contributed by atoms with van der Waals surface area (Å²) in [4.78, 5) is 0. The van der Waals surface area contributed by atoms with E-state index in [2.05, 4.69) is 5.32 Å². The van der Waals surface area contributed by atoms with Gasteiger partial charge in [-0.25, -0.2) is 0 Å². The van der Waals surface area contributed by atoms with Crippen molar-refractivity contribution >= 4 is 0 Å². The van der Waals surface area contributed by atoms with Gasteiger partial charge >= 0.3 is 0 Å². The molecule has 4 heteroatoms. The molecule has 0 amide bonds. The highest BCUT2D eigenvalue weighted by Gasteiger charge is 2.29. The summed E-state index contributed by atoms with van der Waals surface area (Å²) in [6, 6.07) is 0. The standard InChI is InChI=1S/C10H21NO3/c1-11-5-8-3-10(4-8)14-7-9(12)6-13-2/h8-12H,3-7H2,1-2H3. The van der Waals surface area contributed by atoms with Crippen molar-refractivity contribution in [1.29, 1.82) is 0 Å². The second-order valence-corrected chi connectivity index (χ2v) is 3.96. The summed E-state index contributed by atoms with van der Waals surface area (Å²) >= 11 is 0. The lowest BCUT2D eigenvalue weighted by molar-refractivity contribution is -0.0768. The van der Waals surface area contributed by atoms with E-state index in [0.29, 0.717) is 19.3 Å². The van der Waals surface area contributed by atoms with E-state index in [4.69, 9.17) is 9.47 Å². The fraction of sp³-hybridized carbons (Fsp3) is 1.00. The molecule has 4 nitrogen and oxygen atoms in total. The summed E-state index contributed by atoms with van der Waals surface area (Å²) in [6.45, 7) is 1.82. The first-order valence-electron chi connectivity index (χ1n) is 5.19. The average molecular weight is 203 g/mol. The molecule has 1 rings (SSSR count). The molecular formula is C10H21NO3. The Balaban J connectivity index is 1.95. The normalized spacial score (nSPS) is 28.5. The fourth-order valence-corrected chi connectivity index (χ4v) is 1.75. The number of methoxy groups -OCH3 is 1. The van der Waals surface area contributed by atoms with E-state index in [-0.39, 0.29) is 0 Å². The highest BCUT2D eigenvalue weighted by atomic mass is 16.5. The maximum atomic E-state index is 9.32. The Bertz CT molecular complexity index is 148. The second-order valence-electron chi connectivity index (χ2n) is 3.96. The van der Waals surface area contributed by atoms with Crippen LogP contribution in [0.15, 0.2) is 0 Å². The first-order valence-corrected chi connectivity index (χ1v) is 5.19. The summed E-state index contributed by atoms with van der Waals surface area (Å²) in [6.07, 6.45) is 2.09. The Hall–Kier alpha value is -0.160. The number of hydrogen-bond donors (Lipinski definition) is 2. The molecule has 1 aliphatic rings. The van der Waals surface area contributed by atoms with Gasteiger partial charge in [0.2, 0.25) is 0 Å². The smallest absolute Gasteiger partial charge is 0.101 e. The average Bonchev–Trinajstić information content (AvgIpc) is 2.09. The minimum atomic E-state index is -0.483. The summed E-state index contributed by atoms with van der Waals surface area (Å²) in [7, 11) is 3.55. The van der Waals surface area contributed by atoms with Crippen LogP contribution in [0.2, 0.25) is 0 Å². The number of aliphatic hydroxyl groups is 1. The molecule has 0 aliphatic heterocycles. The van der Waals surface area contributed by atoms with Gasteiger partial charge < -0.3 is 19.9 Å². The van der Waals surface area contributed by atoms with Gasteiger partial charge in [0.15, 0.2) is 0 Å². The van der Waals surface area contributed by atoms with Crippen molar-refractivity contribution in [3.63, 3.8) is 0 Å². The van der Waals surface area contributed by atoms with Crippen LogP contribution in [0.3, 0.4) is 0 Å². The van der Waals surface area contributed by atoms with E-state index in [9.17, 15) is 5.11 Å². The van der Waals surface area contributed by atoms with E-state index in [0.717, 1.165) is 25.3 Å². The highest BCUT2D eigenvalue weighted by Crippen LogP contribution is 2.29. The number of nitrogens with one attached hydrogen (secondary N) is 1. The largest absolute Gasteiger partial charge is 0.388 e. The minimum absolute atomic E-state index is 0.347. The van der Waals surface area contributed by atoms with Gasteiger partial charge in [-0.3, -0.25) is 0 Å². The molecule has 14 heavy (non-hydrogen) atoms. The maximum absolute atomic E-state index is 9.32. The van der Waals surface area contributed by atoms with Crippen molar-refractivity contribution in [3.8, 4) is 0 Å². The lowest BCUT2D eigenvalue weighted by Crippen LogP contribution is -2.38. The van der Waals surface area contributed by atoms with Crippen molar-refractivity contribution in [3.05, 3.63) is 0 Å². The molecule has 0 saturated heterocycles. The fourth-order valence-electron chi connectivity index (χ4n) is 1.75. The van der Waals surface area contributed by atoms with Crippen LogP contribution in [0, 0.1) is 5.92 Å². The van der Waals surface area contributed by atoms with Crippen LogP contribution in [0.1, 0.15) is 12.8 Å². The van der Waals surface area contributed by atoms with Crippen molar-refractivity contribution in [2.45, 2.75) is 25.0 Å². The molecule has 0 aromatic carbocycles. The first kappa shape index (κ1) is 11.9. The summed E-state index contributed by atoms with van der Waals surface area (Å²) < 4.78 is 10.3. The molecule has 2 N–H and O–H groups in total. The molecule has 1 atom stereocenters. The SMILES string of the molecule is CNCC1CC(OCC(O)COC)C1. The monoisotopic (exact) mass is 203 g/mol. The molecule has 0 heterocycles. The topological polar surface area (TPSA) is 50.7 Å². The number of rotatable bonds is 7. The zero-order valence-corrected chi connectivity index (χ0v) is 9.03. The Kier molecular flexibility index (Phi) is 5.40. The quantitative estimate of drug-likeness (QED) is 0.612. The van der Waals surface area contributed by atoms with Gasteiger partial charge in [0.1, 0.15) is 6.10 Å². The molecule has 1 aliphatic carbocycles. The van der Waals surface area contributed by atoms with Crippen LogP contribution >= 0.6 is 0 Å². The molecule has 1 fully saturated rings. The van der Waals surface area contributed by atoms with E-state index in [1.807, 2.05) is 7.05 Å². The van der Waals surface area contributed by atoms with Gasteiger partial charge in [0.25, 0.3) is 0 Å². The Morgan fingerprint density at radius 2 is 2.14 bits per heavy atom. The third-order valence-electron chi connectivity index (χ3n) is 2.57. The molecule has 84 valence electrons. The van der Waals surface area contributed by atoms with Crippen LogP contribution in [-0.2, 0) is 9.47 Å². The van der Waals surface area contributed by atoms with Crippen LogP contribution in [0.25, 0.3) is 0 Å². The van der Waals surface area contributed by atoms with E-state index in [1.165, 1.54) is 0 Å². The van der Waals surface area contributed by atoms with Crippen LogP contribution in [-0.4, -0.2) is 51.2 Å². The van der Waals surface area contributed by atoms with Crippen molar-refractivity contribution in [2.75, 3.05) is 33.9 Å². The van der Waals surface area contributed by atoms with E-state index >= 15 is 0 Å². The summed E-state index contributed by atoms with van der Waals surface area (Å²) in [5.41, 5.74) is 0. The first-order chi connectivity index (χ1) is 6.76. The lowest BCUT2D eigenvalue weighted by Gasteiger charge is -2.35. The Morgan fingerprint density at radius 1 is 1.43 bits per heavy atom. The predicted molar refractivity (Wildman–Crippen MR) is 54.3 cm³/mol. The van der Waals surface area contributed by atoms with Crippen molar-refractivity contribution < 1.29 is 14.6 Å². The van der Waals surface area contributed by atoms with E-state index < -0.39 is 6.10 Å².